The highest BCUT2D eigenvalue weighted by Gasteiger charge is 2.17. The average Bonchev–Trinajstić information content (AvgIpc) is 2.36. The number of ether oxygens (including phenoxy) is 1. The van der Waals surface area contributed by atoms with Gasteiger partial charge in [-0.2, -0.15) is 0 Å². The predicted molar refractivity (Wildman–Crippen MR) is 80.2 cm³/mol. The number of hydrogen-bond acceptors (Lipinski definition) is 4. The summed E-state index contributed by atoms with van der Waals surface area (Å²) in [5.41, 5.74) is 0.243. The highest BCUT2D eigenvalue weighted by atomic mass is 35.5. The van der Waals surface area contributed by atoms with Crippen LogP contribution in [0.1, 0.15) is 19.7 Å². The lowest BCUT2D eigenvalue weighted by Gasteiger charge is -2.25. The van der Waals surface area contributed by atoms with Gasteiger partial charge in [0.25, 0.3) is 5.56 Å². The minimum Gasteiger partial charge on any atom is -0.383 e. The molecule has 0 fully saturated rings. The van der Waals surface area contributed by atoms with Crippen LogP contribution in [0.3, 0.4) is 0 Å². The molecule has 0 bridgehead atoms. The van der Waals surface area contributed by atoms with Crippen LogP contribution >= 0.6 is 11.6 Å². The van der Waals surface area contributed by atoms with E-state index in [-0.39, 0.29) is 11.1 Å². The van der Waals surface area contributed by atoms with Crippen molar-refractivity contribution in [3.05, 3.63) is 39.4 Å². The smallest absolute Gasteiger partial charge is 0.258 e. The lowest BCUT2D eigenvalue weighted by molar-refractivity contribution is 0.127. The minimum absolute atomic E-state index is 0.159. The number of halogens is 1. The summed E-state index contributed by atoms with van der Waals surface area (Å²) in [7, 11) is 1.65. The molecule has 5 nitrogen and oxygen atoms in total. The Kier molecular flexibility index (Phi) is 4.42. The number of nitrogens with zero attached hydrogens (tertiary/aromatic N) is 1. The van der Waals surface area contributed by atoms with E-state index in [0.717, 1.165) is 0 Å². The molecule has 0 aliphatic carbocycles. The van der Waals surface area contributed by atoms with Crippen molar-refractivity contribution in [2.75, 3.05) is 13.7 Å². The number of rotatable bonds is 5. The number of aromatic amines is 1. The zero-order valence-electron chi connectivity index (χ0n) is 11.8. The molecule has 0 aliphatic heterocycles. The number of hydrogen-bond donors (Lipinski definition) is 2. The van der Waals surface area contributed by atoms with Crippen LogP contribution in [0, 0.1) is 0 Å². The molecule has 1 aromatic heterocycles. The van der Waals surface area contributed by atoms with Gasteiger partial charge in [0.1, 0.15) is 5.82 Å². The lowest BCUT2D eigenvalue weighted by Crippen LogP contribution is -2.43. The molecule has 0 spiro atoms. The molecule has 1 aromatic carbocycles. The maximum absolute atomic E-state index is 12.0. The predicted octanol–water partition coefficient (Wildman–Crippen LogP) is 2.09. The number of benzene rings is 1. The third-order valence-corrected chi connectivity index (χ3v) is 3.19. The van der Waals surface area contributed by atoms with Crippen LogP contribution in [-0.4, -0.2) is 29.2 Å². The number of methoxy groups -OCH3 is 1. The topological polar surface area (TPSA) is 67.0 Å². The highest BCUT2D eigenvalue weighted by Crippen LogP contribution is 2.14. The molecule has 2 N–H and O–H groups in total. The fourth-order valence-corrected chi connectivity index (χ4v) is 2.15. The van der Waals surface area contributed by atoms with Crippen molar-refractivity contribution in [1.82, 2.24) is 15.3 Å². The van der Waals surface area contributed by atoms with Gasteiger partial charge in [0, 0.05) is 17.7 Å². The molecular weight excluding hydrogens is 278 g/mol. The van der Waals surface area contributed by atoms with Crippen molar-refractivity contribution in [1.29, 1.82) is 0 Å². The summed E-state index contributed by atoms with van der Waals surface area (Å²) in [5.74, 6) is 0.578. The fourth-order valence-electron chi connectivity index (χ4n) is 1.98. The van der Waals surface area contributed by atoms with Crippen LogP contribution in [0.2, 0.25) is 5.02 Å². The minimum atomic E-state index is -0.198. The lowest BCUT2D eigenvalue weighted by atomic mass is 10.1. The van der Waals surface area contributed by atoms with E-state index >= 15 is 0 Å². The average molecular weight is 296 g/mol. The first-order chi connectivity index (χ1) is 9.41. The normalized spacial score (nSPS) is 12.0. The van der Waals surface area contributed by atoms with Gasteiger partial charge in [-0.3, -0.25) is 4.79 Å². The van der Waals surface area contributed by atoms with Gasteiger partial charge in [-0.15, -0.1) is 0 Å². The summed E-state index contributed by atoms with van der Waals surface area (Å²) in [6.07, 6.45) is 0. The van der Waals surface area contributed by atoms with Gasteiger partial charge in [0.2, 0.25) is 0 Å². The Morgan fingerprint density at radius 1 is 1.45 bits per heavy atom. The van der Waals surface area contributed by atoms with Crippen LogP contribution < -0.4 is 10.9 Å². The first-order valence-electron chi connectivity index (χ1n) is 6.34. The van der Waals surface area contributed by atoms with Gasteiger partial charge in [-0.25, -0.2) is 4.98 Å². The third-order valence-electron chi connectivity index (χ3n) is 2.96. The van der Waals surface area contributed by atoms with Gasteiger partial charge in [0.05, 0.1) is 24.1 Å². The largest absolute Gasteiger partial charge is 0.383 e. The van der Waals surface area contributed by atoms with Crippen molar-refractivity contribution >= 4 is 22.5 Å². The van der Waals surface area contributed by atoms with Gasteiger partial charge in [-0.1, -0.05) is 11.6 Å². The molecule has 2 aromatic rings. The SMILES string of the molecule is COCC(C)(C)NCc1nc2cc(Cl)ccc2c(=O)[nH]1. The van der Waals surface area contributed by atoms with Gasteiger partial charge in [-0.05, 0) is 32.0 Å². The van der Waals surface area contributed by atoms with Crippen LogP contribution in [-0.2, 0) is 11.3 Å². The molecular formula is C14H18ClN3O2. The van der Waals surface area contributed by atoms with Crippen LogP contribution in [0.5, 0.6) is 0 Å². The molecule has 0 aliphatic rings. The van der Waals surface area contributed by atoms with Gasteiger partial charge >= 0.3 is 0 Å². The first-order valence-corrected chi connectivity index (χ1v) is 6.71. The zero-order chi connectivity index (χ0) is 14.8. The highest BCUT2D eigenvalue weighted by molar-refractivity contribution is 6.31. The number of nitrogens with one attached hydrogen (secondary N) is 2. The van der Waals surface area contributed by atoms with E-state index in [9.17, 15) is 4.79 Å². The Morgan fingerprint density at radius 2 is 2.20 bits per heavy atom. The van der Waals surface area contributed by atoms with Crippen LogP contribution in [0.25, 0.3) is 10.9 Å². The summed E-state index contributed by atoms with van der Waals surface area (Å²) in [5, 5.41) is 4.39. The molecule has 0 radical (unpaired) electrons. The molecule has 0 saturated heterocycles. The van der Waals surface area contributed by atoms with E-state index in [1.165, 1.54) is 0 Å². The Labute approximate surface area is 122 Å². The van der Waals surface area contributed by atoms with E-state index in [0.29, 0.717) is 34.9 Å². The van der Waals surface area contributed by atoms with Crippen molar-refractivity contribution in [2.24, 2.45) is 0 Å². The van der Waals surface area contributed by atoms with E-state index in [1.807, 2.05) is 13.8 Å². The van der Waals surface area contributed by atoms with Crippen molar-refractivity contribution < 1.29 is 4.74 Å². The number of H-pyrrole nitrogens is 1. The molecule has 20 heavy (non-hydrogen) atoms. The number of fused-ring (bicyclic) bond motifs is 1. The Hall–Kier alpha value is -1.43. The maximum Gasteiger partial charge on any atom is 0.258 e. The molecule has 6 heteroatoms. The Bertz CT molecular complexity index is 667. The van der Waals surface area contributed by atoms with Crippen molar-refractivity contribution in [3.63, 3.8) is 0 Å². The third kappa shape index (κ3) is 3.56. The molecule has 0 saturated carbocycles. The van der Waals surface area contributed by atoms with Crippen LogP contribution in [0.4, 0.5) is 0 Å². The number of aromatic nitrogens is 2. The summed E-state index contributed by atoms with van der Waals surface area (Å²) >= 11 is 5.93. The molecule has 1 heterocycles. The molecule has 0 amide bonds. The van der Waals surface area contributed by atoms with Crippen LogP contribution in [0.15, 0.2) is 23.0 Å². The first kappa shape index (κ1) is 15.0. The van der Waals surface area contributed by atoms with Crippen molar-refractivity contribution in [3.8, 4) is 0 Å². The second-order valence-corrected chi connectivity index (χ2v) is 5.78. The van der Waals surface area contributed by atoms with E-state index in [1.54, 1.807) is 25.3 Å². The molecule has 0 unspecified atom stereocenters. The Morgan fingerprint density at radius 3 is 2.90 bits per heavy atom. The summed E-state index contributed by atoms with van der Waals surface area (Å²) in [6, 6.07) is 5.05. The molecule has 2 rings (SSSR count). The summed E-state index contributed by atoms with van der Waals surface area (Å²) in [4.78, 5) is 19.2. The molecule has 108 valence electrons. The van der Waals surface area contributed by atoms with E-state index < -0.39 is 0 Å². The van der Waals surface area contributed by atoms with Gasteiger partial charge < -0.3 is 15.0 Å². The van der Waals surface area contributed by atoms with E-state index in [4.69, 9.17) is 16.3 Å². The molecule has 0 atom stereocenters. The van der Waals surface area contributed by atoms with Gasteiger partial charge in [0.15, 0.2) is 0 Å². The maximum atomic E-state index is 12.0. The van der Waals surface area contributed by atoms with Crippen molar-refractivity contribution in [2.45, 2.75) is 25.9 Å². The Balaban J connectivity index is 2.25. The monoisotopic (exact) mass is 295 g/mol. The summed E-state index contributed by atoms with van der Waals surface area (Å²) in [6.45, 7) is 5.06. The summed E-state index contributed by atoms with van der Waals surface area (Å²) < 4.78 is 5.13. The second kappa shape index (κ2) is 5.91. The zero-order valence-corrected chi connectivity index (χ0v) is 12.5. The fraction of sp³-hybridized carbons (Fsp3) is 0.429. The second-order valence-electron chi connectivity index (χ2n) is 5.34. The quantitative estimate of drug-likeness (QED) is 0.886. The van der Waals surface area contributed by atoms with E-state index in [2.05, 4.69) is 15.3 Å². The standard InChI is InChI=1S/C14H18ClN3O2/c1-14(2,8-20-3)16-7-12-17-11-6-9(15)4-5-10(11)13(19)18-12/h4-6,16H,7-8H2,1-3H3,(H,17,18,19).